The topological polar surface area (TPSA) is 105 Å². The summed E-state index contributed by atoms with van der Waals surface area (Å²) < 4.78 is 0. The van der Waals surface area contributed by atoms with Crippen molar-refractivity contribution in [2.75, 3.05) is 0 Å². The number of nitro benzene ring substituents is 1. The number of nitrogens with one attached hydrogen (secondary N) is 1. The highest BCUT2D eigenvalue weighted by molar-refractivity contribution is 6.02. The fraction of sp³-hybridized carbons (Fsp3) is 0.0667. The number of hydrazone groups is 1. The van der Waals surface area contributed by atoms with Gasteiger partial charge in [0.2, 0.25) is 0 Å². The van der Waals surface area contributed by atoms with Crippen molar-refractivity contribution < 1.29 is 14.8 Å². The summed E-state index contributed by atoms with van der Waals surface area (Å²) in [6, 6.07) is 12.0. The Morgan fingerprint density at radius 1 is 1.23 bits per heavy atom. The van der Waals surface area contributed by atoms with Crippen LogP contribution in [0.3, 0.4) is 0 Å². The number of carbonyl (C=O) groups excluding carboxylic acids is 1. The number of para-hydroxylation sites is 1. The Kier molecular flexibility index (Phi) is 4.47. The summed E-state index contributed by atoms with van der Waals surface area (Å²) in [7, 11) is 0. The van der Waals surface area contributed by atoms with E-state index < -0.39 is 10.8 Å². The highest BCUT2D eigenvalue weighted by Crippen LogP contribution is 2.17. The van der Waals surface area contributed by atoms with Gasteiger partial charge < -0.3 is 5.11 Å². The highest BCUT2D eigenvalue weighted by atomic mass is 16.6. The quantitative estimate of drug-likeness (QED) is 0.514. The number of phenols is 1. The summed E-state index contributed by atoms with van der Waals surface area (Å²) in [5.74, 6) is -0.594. The molecule has 0 saturated heterocycles. The van der Waals surface area contributed by atoms with Crippen LogP contribution in [0.15, 0.2) is 53.6 Å². The lowest BCUT2D eigenvalue weighted by molar-refractivity contribution is -0.385. The van der Waals surface area contributed by atoms with E-state index in [1.165, 1.54) is 36.4 Å². The molecule has 2 rings (SSSR count). The first-order chi connectivity index (χ1) is 10.5. The third kappa shape index (κ3) is 3.45. The summed E-state index contributed by atoms with van der Waals surface area (Å²) >= 11 is 0. The molecule has 0 atom stereocenters. The van der Waals surface area contributed by atoms with Crippen molar-refractivity contribution in [1.82, 2.24) is 5.43 Å². The van der Waals surface area contributed by atoms with Crippen LogP contribution in [0, 0.1) is 10.1 Å². The molecule has 1 amide bonds. The summed E-state index contributed by atoms with van der Waals surface area (Å²) in [6.07, 6.45) is 0. The standard InChI is InChI=1S/C15H13N3O4/c1-10(11-5-4-6-12(19)9-11)16-17-15(20)13-7-2-3-8-14(13)18(21)22/h2-9,19H,1H3,(H,17,20). The summed E-state index contributed by atoms with van der Waals surface area (Å²) in [5.41, 5.74) is 3.01. The number of nitrogens with zero attached hydrogens (tertiary/aromatic N) is 2. The Hall–Kier alpha value is -3.22. The third-order valence-electron chi connectivity index (χ3n) is 2.93. The summed E-state index contributed by atoms with van der Waals surface area (Å²) in [6.45, 7) is 1.65. The zero-order valence-electron chi connectivity index (χ0n) is 11.7. The Morgan fingerprint density at radius 2 is 1.95 bits per heavy atom. The molecular weight excluding hydrogens is 286 g/mol. The molecule has 0 bridgehead atoms. The fourth-order valence-electron chi connectivity index (χ4n) is 1.82. The van der Waals surface area contributed by atoms with Crippen LogP contribution in [0.25, 0.3) is 0 Å². The first-order valence-corrected chi connectivity index (χ1v) is 6.36. The van der Waals surface area contributed by atoms with Gasteiger partial charge in [-0.05, 0) is 25.1 Å². The predicted molar refractivity (Wildman–Crippen MR) is 80.9 cm³/mol. The number of nitro groups is 1. The van der Waals surface area contributed by atoms with Crippen LogP contribution in [0.2, 0.25) is 0 Å². The predicted octanol–water partition coefficient (Wildman–Crippen LogP) is 2.45. The second kappa shape index (κ2) is 6.49. The second-order valence-corrected chi connectivity index (χ2v) is 4.46. The Balaban J connectivity index is 2.19. The van der Waals surface area contributed by atoms with Gasteiger partial charge in [0.05, 0.1) is 10.6 Å². The molecule has 0 aliphatic carbocycles. The maximum Gasteiger partial charge on any atom is 0.282 e. The number of amides is 1. The van der Waals surface area contributed by atoms with E-state index in [0.717, 1.165) is 0 Å². The molecule has 112 valence electrons. The first kappa shape index (κ1) is 15.2. The van der Waals surface area contributed by atoms with Crippen LogP contribution < -0.4 is 5.43 Å². The number of phenolic OH excluding ortho intramolecular Hbond substituents is 1. The summed E-state index contributed by atoms with van der Waals surface area (Å²) in [4.78, 5) is 22.3. The maximum atomic E-state index is 12.0. The van der Waals surface area contributed by atoms with Crippen LogP contribution in [0.4, 0.5) is 5.69 Å². The van der Waals surface area contributed by atoms with E-state index in [4.69, 9.17) is 0 Å². The van der Waals surface area contributed by atoms with E-state index in [0.29, 0.717) is 11.3 Å². The lowest BCUT2D eigenvalue weighted by Gasteiger charge is -2.04. The van der Waals surface area contributed by atoms with Gasteiger partial charge in [-0.25, -0.2) is 5.43 Å². The first-order valence-electron chi connectivity index (χ1n) is 6.36. The SMILES string of the molecule is CC(=NNC(=O)c1ccccc1[N+](=O)[O-])c1cccc(O)c1. The Morgan fingerprint density at radius 3 is 2.64 bits per heavy atom. The lowest BCUT2D eigenvalue weighted by atomic mass is 10.1. The molecule has 7 heteroatoms. The van der Waals surface area contributed by atoms with Crippen molar-refractivity contribution in [1.29, 1.82) is 0 Å². The zero-order valence-corrected chi connectivity index (χ0v) is 11.7. The third-order valence-corrected chi connectivity index (χ3v) is 2.93. The largest absolute Gasteiger partial charge is 0.508 e. The van der Waals surface area contributed by atoms with Gasteiger partial charge in [-0.2, -0.15) is 5.10 Å². The second-order valence-electron chi connectivity index (χ2n) is 4.46. The normalized spacial score (nSPS) is 11.0. The van der Waals surface area contributed by atoms with Gasteiger partial charge in [0.1, 0.15) is 11.3 Å². The fourth-order valence-corrected chi connectivity index (χ4v) is 1.82. The monoisotopic (exact) mass is 299 g/mol. The van der Waals surface area contributed by atoms with Gasteiger partial charge in [0.15, 0.2) is 0 Å². The molecular formula is C15H13N3O4. The lowest BCUT2D eigenvalue weighted by Crippen LogP contribution is -2.20. The Bertz CT molecular complexity index is 756. The Labute approximate surface area is 126 Å². The van der Waals surface area contributed by atoms with Crippen molar-refractivity contribution in [2.24, 2.45) is 5.10 Å². The molecule has 0 spiro atoms. The van der Waals surface area contributed by atoms with Crippen LogP contribution >= 0.6 is 0 Å². The van der Waals surface area contributed by atoms with Gasteiger partial charge in [-0.3, -0.25) is 14.9 Å². The van der Waals surface area contributed by atoms with Crippen molar-refractivity contribution in [3.8, 4) is 5.75 Å². The molecule has 22 heavy (non-hydrogen) atoms. The molecule has 7 nitrogen and oxygen atoms in total. The number of carbonyl (C=O) groups is 1. The van der Waals surface area contributed by atoms with Crippen LogP contribution in [0.1, 0.15) is 22.8 Å². The van der Waals surface area contributed by atoms with E-state index >= 15 is 0 Å². The number of aromatic hydroxyl groups is 1. The van der Waals surface area contributed by atoms with Gasteiger partial charge in [0, 0.05) is 11.6 Å². The van der Waals surface area contributed by atoms with Crippen molar-refractivity contribution in [2.45, 2.75) is 6.92 Å². The van der Waals surface area contributed by atoms with Crippen LogP contribution in [0.5, 0.6) is 5.75 Å². The van der Waals surface area contributed by atoms with E-state index in [2.05, 4.69) is 10.5 Å². The molecule has 0 heterocycles. The number of benzene rings is 2. The number of hydrogen-bond acceptors (Lipinski definition) is 5. The molecule has 2 aromatic carbocycles. The molecule has 2 aromatic rings. The van der Waals surface area contributed by atoms with Gasteiger partial charge in [-0.1, -0.05) is 24.3 Å². The van der Waals surface area contributed by atoms with E-state index in [1.807, 2.05) is 0 Å². The van der Waals surface area contributed by atoms with Crippen molar-refractivity contribution in [3.05, 3.63) is 69.8 Å². The van der Waals surface area contributed by atoms with E-state index in [1.54, 1.807) is 19.1 Å². The van der Waals surface area contributed by atoms with Gasteiger partial charge in [0.25, 0.3) is 11.6 Å². The molecule has 0 saturated carbocycles. The van der Waals surface area contributed by atoms with Crippen molar-refractivity contribution >= 4 is 17.3 Å². The van der Waals surface area contributed by atoms with Crippen LogP contribution in [-0.2, 0) is 0 Å². The summed E-state index contributed by atoms with van der Waals surface area (Å²) in [5, 5.41) is 24.2. The number of rotatable bonds is 4. The minimum atomic E-state index is -0.674. The average molecular weight is 299 g/mol. The minimum Gasteiger partial charge on any atom is -0.508 e. The molecule has 0 unspecified atom stereocenters. The maximum absolute atomic E-state index is 12.0. The molecule has 0 fully saturated rings. The minimum absolute atomic E-state index is 0.0695. The molecule has 2 N–H and O–H groups in total. The van der Waals surface area contributed by atoms with Gasteiger partial charge >= 0.3 is 0 Å². The molecule has 0 aliphatic heterocycles. The average Bonchev–Trinajstić information content (AvgIpc) is 2.52. The molecule has 0 aliphatic rings. The number of hydrogen-bond donors (Lipinski definition) is 2. The zero-order chi connectivity index (χ0) is 16.1. The molecule has 0 aromatic heterocycles. The smallest absolute Gasteiger partial charge is 0.282 e. The highest BCUT2D eigenvalue weighted by Gasteiger charge is 2.18. The van der Waals surface area contributed by atoms with Gasteiger partial charge in [-0.15, -0.1) is 0 Å². The van der Waals surface area contributed by atoms with Crippen LogP contribution in [-0.4, -0.2) is 21.6 Å². The van der Waals surface area contributed by atoms with Crippen molar-refractivity contribution in [3.63, 3.8) is 0 Å². The van der Waals surface area contributed by atoms with E-state index in [-0.39, 0.29) is 17.0 Å². The van der Waals surface area contributed by atoms with E-state index in [9.17, 15) is 20.0 Å². The molecule has 0 radical (unpaired) electrons.